The first-order valence-electron chi connectivity index (χ1n) is 12.1. The summed E-state index contributed by atoms with van der Waals surface area (Å²) in [6.07, 6.45) is 0. The van der Waals surface area contributed by atoms with E-state index >= 15 is 0 Å². The first-order valence-corrected chi connectivity index (χ1v) is 12.1. The molecule has 1 amide bonds. The topological polar surface area (TPSA) is 106 Å². The van der Waals surface area contributed by atoms with Crippen LogP contribution < -0.4 is 19.1 Å². The van der Waals surface area contributed by atoms with E-state index in [1.807, 2.05) is 30.3 Å². The Labute approximate surface area is 224 Å². The van der Waals surface area contributed by atoms with Gasteiger partial charge in [0.25, 0.3) is 11.7 Å². The van der Waals surface area contributed by atoms with Crippen LogP contribution in [-0.2, 0) is 9.59 Å². The number of ketones is 1. The zero-order chi connectivity index (χ0) is 27.5. The molecule has 1 saturated heterocycles. The number of phenolic OH excluding ortho intramolecular Hbond substituents is 1. The van der Waals surface area contributed by atoms with Gasteiger partial charge in [0.05, 0.1) is 31.4 Å². The van der Waals surface area contributed by atoms with Crippen molar-refractivity contribution in [2.45, 2.75) is 6.04 Å². The number of hydrogen-bond donors (Lipinski definition) is 2. The molecule has 4 aromatic carbocycles. The third kappa shape index (κ3) is 4.87. The number of Topliss-reactive ketones (excluding diaryl/α,β-unsaturated/α-hetero) is 1. The maximum Gasteiger partial charge on any atom is 0.300 e. The van der Waals surface area contributed by atoms with E-state index in [4.69, 9.17) is 14.2 Å². The van der Waals surface area contributed by atoms with Crippen molar-refractivity contribution in [2.75, 3.05) is 19.1 Å². The van der Waals surface area contributed by atoms with Crippen molar-refractivity contribution in [1.29, 1.82) is 0 Å². The van der Waals surface area contributed by atoms with E-state index in [1.165, 1.54) is 31.3 Å². The lowest BCUT2D eigenvalue weighted by Crippen LogP contribution is -2.29. The number of carbonyl (C=O) groups is 2. The summed E-state index contributed by atoms with van der Waals surface area (Å²) in [7, 11) is 2.93. The smallest absolute Gasteiger partial charge is 0.300 e. The molecule has 8 heteroatoms. The molecule has 1 fully saturated rings. The Bertz CT molecular complexity index is 1540. The maximum absolute atomic E-state index is 13.4. The highest BCUT2D eigenvalue weighted by atomic mass is 16.5. The number of carbonyl (C=O) groups excluding carboxylic acids is 2. The van der Waals surface area contributed by atoms with Crippen molar-refractivity contribution in [3.05, 3.63) is 114 Å². The SMILES string of the molecule is COc1ccc(/C(O)=C2/C(=O)C(=O)N(c3ccc(Oc4ccccc4)cc3)C2c2ccc(O)cc2)c(OC)c1. The Morgan fingerprint density at radius 2 is 1.41 bits per heavy atom. The number of rotatable bonds is 7. The van der Waals surface area contributed by atoms with Crippen LogP contribution in [0.3, 0.4) is 0 Å². The number of nitrogens with zero attached hydrogens (tertiary/aromatic N) is 1. The maximum atomic E-state index is 13.4. The monoisotopic (exact) mass is 523 g/mol. The highest BCUT2D eigenvalue weighted by molar-refractivity contribution is 6.51. The van der Waals surface area contributed by atoms with Crippen LogP contribution in [0.25, 0.3) is 5.76 Å². The minimum atomic E-state index is -0.974. The Hall–Kier alpha value is -5.24. The zero-order valence-electron chi connectivity index (χ0n) is 21.2. The highest BCUT2D eigenvalue weighted by Gasteiger charge is 2.47. The first-order chi connectivity index (χ1) is 18.9. The predicted octanol–water partition coefficient (Wildman–Crippen LogP) is 5.83. The molecule has 1 aliphatic heterocycles. The molecule has 1 heterocycles. The van der Waals surface area contributed by atoms with Gasteiger partial charge in [-0.3, -0.25) is 14.5 Å². The standard InChI is InChI=1S/C31H25NO7/c1-37-24-16-17-25(26(18-24)38-2)29(34)27-28(19-8-12-21(33)13-9-19)32(31(36)30(27)35)20-10-14-23(15-11-20)39-22-6-4-3-5-7-22/h3-18,28,33-34H,1-2H3/b29-27-. The molecule has 1 atom stereocenters. The van der Waals surface area contributed by atoms with Gasteiger partial charge in [0.15, 0.2) is 0 Å². The molecule has 0 spiro atoms. The number of aromatic hydroxyl groups is 1. The lowest BCUT2D eigenvalue weighted by atomic mass is 9.94. The molecule has 1 unspecified atom stereocenters. The summed E-state index contributed by atoms with van der Waals surface area (Å²) in [5, 5.41) is 21.3. The van der Waals surface area contributed by atoms with Crippen LogP contribution in [0.4, 0.5) is 5.69 Å². The van der Waals surface area contributed by atoms with E-state index in [9.17, 15) is 19.8 Å². The van der Waals surface area contributed by atoms with E-state index in [-0.39, 0.29) is 22.6 Å². The number of hydrogen-bond acceptors (Lipinski definition) is 7. The van der Waals surface area contributed by atoms with Gasteiger partial charge >= 0.3 is 0 Å². The first kappa shape index (κ1) is 25.4. The van der Waals surface area contributed by atoms with Crippen molar-refractivity contribution < 1.29 is 34.0 Å². The van der Waals surface area contributed by atoms with Gasteiger partial charge < -0.3 is 24.4 Å². The van der Waals surface area contributed by atoms with Crippen molar-refractivity contribution in [3.63, 3.8) is 0 Å². The molecule has 39 heavy (non-hydrogen) atoms. The van der Waals surface area contributed by atoms with E-state index in [1.54, 1.807) is 54.6 Å². The van der Waals surface area contributed by atoms with Crippen LogP contribution in [0.5, 0.6) is 28.7 Å². The minimum Gasteiger partial charge on any atom is -0.508 e. The third-order valence-corrected chi connectivity index (χ3v) is 6.41. The Balaban J connectivity index is 1.61. The second-order valence-electron chi connectivity index (χ2n) is 8.74. The number of ether oxygens (including phenoxy) is 3. The van der Waals surface area contributed by atoms with Gasteiger partial charge in [0.2, 0.25) is 0 Å². The summed E-state index contributed by atoms with van der Waals surface area (Å²) in [5.74, 6) is -0.0603. The second kappa shape index (κ2) is 10.6. The molecule has 0 aliphatic carbocycles. The normalized spacial score (nSPS) is 16.3. The molecular formula is C31H25NO7. The van der Waals surface area contributed by atoms with Crippen LogP contribution in [0.15, 0.2) is 103 Å². The van der Waals surface area contributed by atoms with Crippen LogP contribution in [-0.4, -0.2) is 36.1 Å². The molecule has 4 aromatic rings. The fraction of sp³-hybridized carbons (Fsp3) is 0.0968. The number of benzene rings is 4. The average Bonchev–Trinajstić information content (AvgIpc) is 3.23. The van der Waals surface area contributed by atoms with Gasteiger partial charge in [-0.15, -0.1) is 0 Å². The van der Waals surface area contributed by atoms with Crippen LogP contribution in [0.2, 0.25) is 0 Å². The lowest BCUT2D eigenvalue weighted by Gasteiger charge is -2.26. The Morgan fingerprint density at radius 3 is 2.05 bits per heavy atom. The molecule has 2 N–H and O–H groups in total. The van der Waals surface area contributed by atoms with Gasteiger partial charge in [0, 0.05) is 11.8 Å². The summed E-state index contributed by atoms with van der Waals surface area (Å²) in [5.41, 5.74) is 1.06. The fourth-order valence-corrected chi connectivity index (χ4v) is 4.51. The Kier molecular flexibility index (Phi) is 6.93. The zero-order valence-corrected chi connectivity index (χ0v) is 21.2. The predicted molar refractivity (Wildman–Crippen MR) is 145 cm³/mol. The van der Waals surface area contributed by atoms with Crippen molar-refractivity contribution >= 4 is 23.1 Å². The van der Waals surface area contributed by atoms with Gasteiger partial charge in [-0.25, -0.2) is 0 Å². The largest absolute Gasteiger partial charge is 0.508 e. The van der Waals surface area contributed by atoms with Crippen LogP contribution >= 0.6 is 0 Å². The van der Waals surface area contributed by atoms with E-state index in [0.29, 0.717) is 28.5 Å². The third-order valence-electron chi connectivity index (χ3n) is 6.41. The summed E-state index contributed by atoms with van der Waals surface area (Å²) in [6.45, 7) is 0. The highest BCUT2D eigenvalue weighted by Crippen LogP contribution is 2.44. The molecule has 8 nitrogen and oxygen atoms in total. The van der Waals surface area contributed by atoms with Gasteiger partial charge in [-0.2, -0.15) is 0 Å². The quantitative estimate of drug-likeness (QED) is 0.178. The molecule has 0 radical (unpaired) electrons. The van der Waals surface area contributed by atoms with Crippen LogP contribution in [0.1, 0.15) is 17.2 Å². The molecule has 5 rings (SSSR count). The lowest BCUT2D eigenvalue weighted by molar-refractivity contribution is -0.132. The molecule has 0 saturated carbocycles. The summed E-state index contributed by atoms with van der Waals surface area (Å²) < 4.78 is 16.5. The van der Waals surface area contributed by atoms with Gasteiger partial charge in [-0.1, -0.05) is 30.3 Å². The summed E-state index contributed by atoms with van der Waals surface area (Å²) >= 11 is 0. The van der Waals surface area contributed by atoms with Crippen molar-refractivity contribution in [1.82, 2.24) is 0 Å². The minimum absolute atomic E-state index is 0.0231. The number of methoxy groups -OCH3 is 2. The number of phenols is 1. The molecule has 0 aromatic heterocycles. The van der Waals surface area contributed by atoms with Crippen LogP contribution in [0, 0.1) is 0 Å². The molecular weight excluding hydrogens is 498 g/mol. The number of anilines is 1. The van der Waals surface area contributed by atoms with Crippen molar-refractivity contribution in [2.24, 2.45) is 0 Å². The van der Waals surface area contributed by atoms with E-state index in [2.05, 4.69) is 0 Å². The van der Waals surface area contributed by atoms with E-state index < -0.39 is 23.5 Å². The summed E-state index contributed by atoms with van der Waals surface area (Å²) in [4.78, 5) is 28.2. The van der Waals surface area contributed by atoms with Gasteiger partial charge in [-0.05, 0) is 66.2 Å². The van der Waals surface area contributed by atoms with Gasteiger partial charge in [0.1, 0.15) is 34.5 Å². The Morgan fingerprint density at radius 1 is 0.769 bits per heavy atom. The average molecular weight is 524 g/mol. The second-order valence-corrected chi connectivity index (χ2v) is 8.74. The summed E-state index contributed by atoms with van der Waals surface area (Å²) in [6, 6.07) is 25.9. The number of amides is 1. The molecule has 1 aliphatic rings. The van der Waals surface area contributed by atoms with Crippen molar-refractivity contribution in [3.8, 4) is 28.7 Å². The number of para-hydroxylation sites is 1. The number of aliphatic hydroxyl groups is 1. The number of aliphatic hydroxyl groups excluding tert-OH is 1. The van der Waals surface area contributed by atoms with E-state index in [0.717, 1.165) is 0 Å². The molecule has 0 bridgehead atoms. The molecule has 196 valence electrons. The fourth-order valence-electron chi connectivity index (χ4n) is 4.51.